The van der Waals surface area contributed by atoms with Gasteiger partial charge < -0.3 is 5.11 Å². The van der Waals surface area contributed by atoms with E-state index in [2.05, 4.69) is 244 Å². The summed E-state index contributed by atoms with van der Waals surface area (Å²) >= 11 is 0. The molecular formula is C79H80O. The minimum Gasteiger partial charge on any atom is -0.396 e. The number of fused-ring (bicyclic) bond motifs is 12. The van der Waals surface area contributed by atoms with Crippen molar-refractivity contribution in [2.45, 2.75) is 121 Å². The van der Waals surface area contributed by atoms with E-state index in [1.807, 2.05) is 0 Å². The van der Waals surface area contributed by atoms with Gasteiger partial charge in [0.25, 0.3) is 0 Å². The van der Waals surface area contributed by atoms with Crippen molar-refractivity contribution in [2.24, 2.45) is 17.8 Å². The van der Waals surface area contributed by atoms with Crippen molar-refractivity contribution < 1.29 is 5.11 Å². The van der Waals surface area contributed by atoms with Crippen molar-refractivity contribution >= 4 is 0 Å². The largest absolute Gasteiger partial charge is 0.396 e. The molecule has 0 fully saturated rings. The van der Waals surface area contributed by atoms with Gasteiger partial charge in [-0.25, -0.2) is 0 Å². The summed E-state index contributed by atoms with van der Waals surface area (Å²) in [4.78, 5) is 0. The second kappa shape index (κ2) is 20.3. The van der Waals surface area contributed by atoms with Crippen molar-refractivity contribution in [3.8, 4) is 77.9 Å². The summed E-state index contributed by atoms with van der Waals surface area (Å²) in [5.41, 5.74) is 28.3. The molecule has 0 saturated carbocycles. The van der Waals surface area contributed by atoms with Crippen LogP contribution in [-0.2, 0) is 21.7 Å². The SMILES string of the molecule is C=CC1(CCCO)c2cc(-c3ccc4c(c3)C(C=C)(CCC(C)C)c3cc(C)ccc3-4)ccc2-c2ccc(-c3ccc4c(c3)C(C=C)(CCC(C)C)c3cc(-c5ccc6c(c5)C(C=C)(CCC(C)C)c5ccccc5-6)ccc3-4)cc21. The number of aliphatic hydroxyl groups excluding tert-OH is 1. The first-order valence-electron chi connectivity index (χ1n) is 30.0. The summed E-state index contributed by atoms with van der Waals surface area (Å²) in [6.07, 6.45) is 16.7. The lowest BCUT2D eigenvalue weighted by atomic mass is 9.72. The van der Waals surface area contributed by atoms with Gasteiger partial charge in [0.05, 0.1) is 0 Å². The molecule has 0 spiro atoms. The molecule has 1 nitrogen and oxygen atoms in total. The Hall–Kier alpha value is -7.32. The predicted octanol–water partition coefficient (Wildman–Crippen LogP) is 20.9. The molecule has 4 atom stereocenters. The molecule has 8 aromatic carbocycles. The lowest BCUT2D eigenvalue weighted by Gasteiger charge is -2.31. The molecule has 0 aromatic heterocycles. The van der Waals surface area contributed by atoms with E-state index in [9.17, 15) is 5.11 Å². The van der Waals surface area contributed by atoms with Gasteiger partial charge in [-0.2, -0.15) is 0 Å². The van der Waals surface area contributed by atoms with E-state index in [0.717, 1.165) is 44.9 Å². The maximum Gasteiger partial charge on any atom is 0.0431 e. The lowest BCUT2D eigenvalue weighted by Crippen LogP contribution is -2.23. The Morgan fingerprint density at radius 3 is 0.900 bits per heavy atom. The molecule has 4 aliphatic rings. The van der Waals surface area contributed by atoms with Gasteiger partial charge in [0.15, 0.2) is 0 Å². The summed E-state index contributed by atoms with van der Waals surface area (Å²) in [5.74, 6) is 1.72. The smallest absolute Gasteiger partial charge is 0.0431 e. The van der Waals surface area contributed by atoms with Crippen molar-refractivity contribution in [3.05, 3.63) is 252 Å². The predicted molar refractivity (Wildman–Crippen MR) is 342 cm³/mol. The van der Waals surface area contributed by atoms with Crippen LogP contribution >= 0.6 is 0 Å². The third kappa shape index (κ3) is 8.11. The van der Waals surface area contributed by atoms with E-state index >= 15 is 0 Å². The zero-order valence-electron chi connectivity index (χ0n) is 48.6. The van der Waals surface area contributed by atoms with Gasteiger partial charge in [0, 0.05) is 28.3 Å². The minimum absolute atomic E-state index is 0.117. The zero-order chi connectivity index (χ0) is 55.9. The first-order chi connectivity index (χ1) is 38.7. The first kappa shape index (κ1) is 53.3. The van der Waals surface area contributed by atoms with Crippen LogP contribution in [0.3, 0.4) is 0 Å². The number of hydrogen-bond acceptors (Lipinski definition) is 1. The highest BCUT2D eigenvalue weighted by Crippen LogP contribution is 2.59. The lowest BCUT2D eigenvalue weighted by molar-refractivity contribution is 0.276. The number of allylic oxidation sites excluding steroid dienone is 4. The van der Waals surface area contributed by atoms with Crippen LogP contribution in [0.2, 0.25) is 0 Å². The Morgan fingerprint density at radius 1 is 0.338 bits per heavy atom. The van der Waals surface area contributed by atoms with E-state index in [1.165, 1.54) is 128 Å². The molecule has 0 amide bonds. The van der Waals surface area contributed by atoms with Crippen LogP contribution in [0.5, 0.6) is 0 Å². The van der Waals surface area contributed by atoms with E-state index in [-0.39, 0.29) is 22.9 Å². The molecule has 8 aromatic rings. The Balaban J connectivity index is 0.926. The van der Waals surface area contributed by atoms with Gasteiger partial charge >= 0.3 is 0 Å². The molecule has 80 heavy (non-hydrogen) atoms. The third-order valence-corrected chi connectivity index (χ3v) is 19.7. The summed E-state index contributed by atoms with van der Waals surface area (Å²) in [6.45, 7) is 34.7. The number of aliphatic hydroxyl groups is 1. The van der Waals surface area contributed by atoms with Crippen LogP contribution in [0.4, 0.5) is 0 Å². The molecule has 12 rings (SSSR count). The van der Waals surface area contributed by atoms with Gasteiger partial charge in [0.2, 0.25) is 0 Å². The quantitative estimate of drug-likeness (QED) is 0.0800. The van der Waals surface area contributed by atoms with Crippen LogP contribution in [0.1, 0.15) is 143 Å². The zero-order valence-corrected chi connectivity index (χ0v) is 48.6. The molecule has 4 unspecified atom stereocenters. The number of hydrogen-bond donors (Lipinski definition) is 1. The minimum atomic E-state index is -0.488. The van der Waals surface area contributed by atoms with Crippen LogP contribution in [-0.4, -0.2) is 11.7 Å². The highest BCUT2D eigenvalue weighted by molar-refractivity contribution is 5.92. The molecule has 402 valence electrons. The average Bonchev–Trinajstić information content (AvgIpc) is 4.21. The van der Waals surface area contributed by atoms with E-state index in [4.69, 9.17) is 6.58 Å². The fourth-order valence-corrected chi connectivity index (χ4v) is 15.2. The molecule has 0 radical (unpaired) electrons. The summed E-state index contributed by atoms with van der Waals surface area (Å²) in [6, 6.07) is 58.9. The van der Waals surface area contributed by atoms with Gasteiger partial charge in [-0.15, -0.1) is 26.3 Å². The second-order valence-electron chi connectivity index (χ2n) is 25.5. The fraction of sp³-hybridized carbons (Fsp3) is 0.291. The average molecular weight is 1050 g/mol. The molecule has 0 aliphatic heterocycles. The summed E-state index contributed by atoms with van der Waals surface area (Å²) in [5, 5.41) is 10.5. The maximum absolute atomic E-state index is 10.5. The van der Waals surface area contributed by atoms with Gasteiger partial charge in [-0.1, -0.05) is 187 Å². The van der Waals surface area contributed by atoms with Crippen molar-refractivity contribution in [3.63, 3.8) is 0 Å². The normalized spacial score (nSPS) is 20.4. The monoisotopic (exact) mass is 1040 g/mol. The van der Waals surface area contributed by atoms with Crippen molar-refractivity contribution in [1.82, 2.24) is 0 Å². The highest BCUT2D eigenvalue weighted by Gasteiger charge is 2.46. The van der Waals surface area contributed by atoms with Crippen molar-refractivity contribution in [2.75, 3.05) is 6.61 Å². The maximum atomic E-state index is 10.5. The molecule has 1 heteroatoms. The van der Waals surface area contributed by atoms with E-state index < -0.39 is 5.41 Å². The topological polar surface area (TPSA) is 20.2 Å². The van der Waals surface area contributed by atoms with Crippen molar-refractivity contribution in [1.29, 1.82) is 0 Å². The number of benzene rings is 8. The van der Waals surface area contributed by atoms with Crippen LogP contribution in [0.15, 0.2) is 202 Å². The standard InChI is InChI=1S/C79H80O/c1-12-76(38-18-42-80)70-44-54(57-23-30-63-61-28-21-53(11)43-69(61)78(14-3,73(63)47-57)40-36-51(7)8)24-31-64(70)65-32-25-55(45-71(65)76)58-26-33-66-67-34-27-59(49-75(67)79(15-4,74(66)48-58)41-37-52(9)10)56-22-29-62-60-19-16-17-20-68(60)77(13-2,72(62)46-56)39-35-50(5)6/h12-17,19-34,43-52,80H,1-4,18,35-42H2,5-11H3. The second-order valence-corrected chi connectivity index (χ2v) is 25.5. The fourth-order valence-electron chi connectivity index (χ4n) is 15.2. The highest BCUT2D eigenvalue weighted by atomic mass is 16.3. The summed E-state index contributed by atoms with van der Waals surface area (Å²) < 4.78 is 0. The first-order valence-corrected chi connectivity index (χ1v) is 30.0. The van der Waals surface area contributed by atoms with Gasteiger partial charge in [0.1, 0.15) is 0 Å². The summed E-state index contributed by atoms with van der Waals surface area (Å²) in [7, 11) is 0. The van der Waals surface area contributed by atoms with Crippen LogP contribution in [0.25, 0.3) is 77.9 Å². The molecule has 0 saturated heterocycles. The van der Waals surface area contributed by atoms with Gasteiger partial charge in [-0.3, -0.25) is 0 Å². The Kier molecular flexibility index (Phi) is 13.6. The van der Waals surface area contributed by atoms with Gasteiger partial charge in [-0.05, 0) is 235 Å². The van der Waals surface area contributed by atoms with Crippen LogP contribution in [0, 0.1) is 24.7 Å². The number of rotatable bonds is 19. The molecule has 0 heterocycles. The molecule has 1 N–H and O–H groups in total. The third-order valence-electron chi connectivity index (χ3n) is 19.7. The Labute approximate surface area is 478 Å². The van der Waals surface area contributed by atoms with Crippen LogP contribution < -0.4 is 0 Å². The van der Waals surface area contributed by atoms with E-state index in [0.29, 0.717) is 24.2 Å². The Bertz CT molecular complexity index is 3820. The van der Waals surface area contributed by atoms with E-state index in [1.54, 1.807) is 0 Å². The molecule has 4 aliphatic carbocycles. The molecule has 0 bridgehead atoms. The number of aryl methyl sites for hydroxylation is 1. The Morgan fingerprint density at radius 2 is 0.600 bits per heavy atom. The molecular weight excluding hydrogens is 965 g/mol.